The van der Waals surface area contributed by atoms with E-state index in [2.05, 4.69) is 10.1 Å². The Bertz CT molecular complexity index is 1240. The van der Waals surface area contributed by atoms with Gasteiger partial charge in [0.15, 0.2) is 5.78 Å². The summed E-state index contributed by atoms with van der Waals surface area (Å²) >= 11 is 1.62. The van der Waals surface area contributed by atoms with Crippen LogP contribution < -0.4 is 10.1 Å². The Morgan fingerprint density at radius 1 is 1.18 bits per heavy atom. The van der Waals surface area contributed by atoms with Crippen molar-refractivity contribution in [2.75, 3.05) is 6.54 Å². The summed E-state index contributed by atoms with van der Waals surface area (Å²) in [6.45, 7) is 2.51. The maximum atomic E-state index is 13.2. The topological polar surface area (TPSA) is 80.6 Å². The minimum absolute atomic E-state index is 0.0657. The van der Waals surface area contributed by atoms with Crippen LogP contribution in [0.1, 0.15) is 39.1 Å². The molecule has 3 aromatic rings. The fourth-order valence-corrected chi connectivity index (χ4v) is 4.81. The molecule has 1 unspecified atom stereocenters. The Morgan fingerprint density at radius 3 is 2.50 bits per heavy atom. The number of thiophene rings is 1. The van der Waals surface area contributed by atoms with E-state index in [1.54, 1.807) is 17.4 Å². The highest BCUT2D eigenvalue weighted by Crippen LogP contribution is 2.31. The van der Waals surface area contributed by atoms with E-state index in [9.17, 15) is 23.2 Å². The maximum Gasteiger partial charge on any atom is 0.387 e. The van der Waals surface area contributed by atoms with E-state index in [4.69, 9.17) is 0 Å². The van der Waals surface area contributed by atoms with Crippen LogP contribution in [0.3, 0.4) is 0 Å². The largest absolute Gasteiger partial charge is 0.435 e. The summed E-state index contributed by atoms with van der Waals surface area (Å²) in [4.78, 5) is 40.9. The van der Waals surface area contributed by atoms with Crippen LogP contribution in [0.4, 0.5) is 13.6 Å². The predicted molar refractivity (Wildman–Crippen MR) is 122 cm³/mol. The second kappa shape index (κ2) is 9.02. The first-order valence-corrected chi connectivity index (χ1v) is 11.4. The molecule has 1 fully saturated rings. The fraction of sp³-hybridized carbons (Fsp3) is 0.292. The van der Waals surface area contributed by atoms with Crippen molar-refractivity contribution in [1.82, 2.24) is 14.8 Å². The number of alkyl halides is 2. The van der Waals surface area contributed by atoms with E-state index in [1.807, 2.05) is 35.9 Å². The van der Waals surface area contributed by atoms with Gasteiger partial charge in [0.05, 0.1) is 13.1 Å². The third-order valence-electron chi connectivity index (χ3n) is 6.00. The molecule has 1 aliphatic rings. The first-order chi connectivity index (χ1) is 16.1. The third-order valence-corrected chi connectivity index (χ3v) is 6.86. The number of hydrogen-bond acceptors (Lipinski definition) is 5. The number of Topliss-reactive ketones (excluding diaryl/α,β-unsaturated/α-hetero) is 1. The van der Waals surface area contributed by atoms with Crippen LogP contribution in [0.5, 0.6) is 5.75 Å². The van der Waals surface area contributed by atoms with Gasteiger partial charge < -0.3 is 14.6 Å². The summed E-state index contributed by atoms with van der Waals surface area (Å²) in [6.07, 6.45) is 0. The number of urea groups is 1. The number of hydrogen-bond donors (Lipinski definition) is 1. The monoisotopic (exact) mass is 487 g/mol. The van der Waals surface area contributed by atoms with Crippen molar-refractivity contribution in [3.8, 4) is 5.75 Å². The molecule has 1 N–H and O–H groups in total. The van der Waals surface area contributed by atoms with Crippen LogP contribution in [0.25, 0.3) is 0 Å². The van der Waals surface area contributed by atoms with Crippen LogP contribution in [-0.2, 0) is 16.9 Å². The molecule has 1 aromatic carbocycles. The normalized spacial score (nSPS) is 18.0. The molecule has 0 bridgehead atoms. The van der Waals surface area contributed by atoms with Gasteiger partial charge in [-0.1, -0.05) is 18.2 Å². The smallest absolute Gasteiger partial charge is 0.387 e. The van der Waals surface area contributed by atoms with Gasteiger partial charge >= 0.3 is 12.6 Å². The number of benzene rings is 1. The molecule has 34 heavy (non-hydrogen) atoms. The fourth-order valence-electron chi connectivity index (χ4n) is 4.12. The Hall–Kier alpha value is -3.53. The molecule has 7 nitrogen and oxygen atoms in total. The number of carbonyl (C=O) groups is 3. The Kier molecular flexibility index (Phi) is 6.26. The number of nitrogens with one attached hydrogen (secondary N) is 1. The van der Waals surface area contributed by atoms with Crippen LogP contribution in [0.2, 0.25) is 0 Å². The number of carbonyl (C=O) groups excluding carboxylic acids is 3. The number of aryl methyl sites for hydroxylation is 1. The lowest BCUT2D eigenvalue weighted by Gasteiger charge is -2.22. The van der Waals surface area contributed by atoms with Gasteiger partial charge in [0.1, 0.15) is 11.3 Å². The minimum atomic E-state index is -2.97. The molecule has 3 heterocycles. The molecule has 4 rings (SSSR count). The lowest BCUT2D eigenvalue weighted by Crippen LogP contribution is -2.41. The van der Waals surface area contributed by atoms with E-state index in [0.717, 1.165) is 21.2 Å². The molecule has 3 amide bonds. The Labute approximate surface area is 198 Å². The average molecular weight is 488 g/mol. The molecule has 1 atom stereocenters. The van der Waals surface area contributed by atoms with Crippen molar-refractivity contribution in [2.45, 2.75) is 39.5 Å². The lowest BCUT2D eigenvalue weighted by molar-refractivity contribution is -0.130. The number of halogens is 2. The van der Waals surface area contributed by atoms with Crippen molar-refractivity contribution in [3.05, 3.63) is 75.2 Å². The standard InChI is InChI=1S/C24H23F2N3O4S/c1-14-11-19(15(2)28(14)12-18-5-4-10-34-18)20(30)13-29-21(31)24(3,27-23(29)32)16-6-8-17(9-7-16)33-22(25)26/h4-11,22H,12-13H2,1-3H3,(H,27,32). The average Bonchev–Trinajstić information content (AvgIpc) is 3.45. The van der Waals surface area contributed by atoms with E-state index in [-0.39, 0.29) is 11.5 Å². The van der Waals surface area contributed by atoms with Gasteiger partial charge in [0, 0.05) is 21.8 Å². The molecule has 0 saturated carbocycles. The van der Waals surface area contributed by atoms with Gasteiger partial charge in [-0.2, -0.15) is 8.78 Å². The first kappa shape index (κ1) is 23.6. The van der Waals surface area contributed by atoms with Gasteiger partial charge in [0.2, 0.25) is 0 Å². The molecule has 0 radical (unpaired) electrons. The number of ketones is 1. The second-order valence-electron chi connectivity index (χ2n) is 8.22. The Balaban J connectivity index is 1.52. The van der Waals surface area contributed by atoms with Gasteiger partial charge in [-0.05, 0) is 56.0 Å². The van der Waals surface area contributed by atoms with E-state index in [0.29, 0.717) is 17.7 Å². The minimum Gasteiger partial charge on any atom is -0.435 e. The summed E-state index contributed by atoms with van der Waals surface area (Å²) < 4.78 is 31.2. The van der Waals surface area contributed by atoms with Gasteiger partial charge in [0.25, 0.3) is 5.91 Å². The van der Waals surface area contributed by atoms with Crippen LogP contribution in [-0.4, -0.2) is 40.3 Å². The molecule has 178 valence electrons. The quantitative estimate of drug-likeness (QED) is 0.376. The number of imide groups is 1. The van der Waals surface area contributed by atoms with E-state index < -0.39 is 30.6 Å². The number of amides is 3. The van der Waals surface area contributed by atoms with Gasteiger partial charge in [-0.15, -0.1) is 11.3 Å². The molecule has 1 saturated heterocycles. The SMILES string of the molecule is Cc1cc(C(=O)CN2C(=O)NC(C)(c3ccc(OC(F)F)cc3)C2=O)c(C)n1Cc1cccs1. The highest BCUT2D eigenvalue weighted by atomic mass is 32.1. The molecule has 0 spiro atoms. The molecular weight excluding hydrogens is 464 g/mol. The van der Waals surface area contributed by atoms with Crippen molar-refractivity contribution >= 4 is 29.1 Å². The van der Waals surface area contributed by atoms with Crippen molar-refractivity contribution < 1.29 is 27.9 Å². The summed E-state index contributed by atoms with van der Waals surface area (Å²) in [5, 5.41) is 4.61. The number of rotatable bonds is 8. The second-order valence-corrected chi connectivity index (χ2v) is 9.26. The molecule has 10 heteroatoms. The lowest BCUT2D eigenvalue weighted by atomic mass is 9.92. The summed E-state index contributed by atoms with van der Waals surface area (Å²) in [5.41, 5.74) is 1.08. The number of nitrogens with zero attached hydrogens (tertiary/aromatic N) is 2. The van der Waals surface area contributed by atoms with Crippen LogP contribution >= 0.6 is 11.3 Å². The van der Waals surface area contributed by atoms with Crippen LogP contribution in [0.15, 0.2) is 47.8 Å². The first-order valence-electron chi connectivity index (χ1n) is 10.5. The van der Waals surface area contributed by atoms with Gasteiger partial charge in [-0.3, -0.25) is 14.5 Å². The molecular formula is C24H23F2N3O4S. The summed E-state index contributed by atoms with van der Waals surface area (Å²) in [5.74, 6) is -1.01. The van der Waals surface area contributed by atoms with Crippen molar-refractivity contribution in [3.63, 3.8) is 0 Å². The van der Waals surface area contributed by atoms with E-state index in [1.165, 1.54) is 31.2 Å². The zero-order chi connectivity index (χ0) is 24.6. The van der Waals surface area contributed by atoms with Crippen LogP contribution in [0, 0.1) is 13.8 Å². The number of ether oxygens (including phenoxy) is 1. The van der Waals surface area contributed by atoms with Gasteiger partial charge in [-0.25, -0.2) is 4.79 Å². The molecule has 2 aromatic heterocycles. The van der Waals surface area contributed by atoms with Crippen molar-refractivity contribution in [2.24, 2.45) is 0 Å². The maximum absolute atomic E-state index is 13.2. The highest BCUT2D eigenvalue weighted by Gasteiger charge is 2.49. The predicted octanol–water partition coefficient (Wildman–Crippen LogP) is 4.47. The number of aromatic nitrogens is 1. The summed E-state index contributed by atoms with van der Waals surface area (Å²) in [6, 6.07) is 10.5. The zero-order valence-electron chi connectivity index (χ0n) is 18.8. The van der Waals surface area contributed by atoms with E-state index >= 15 is 0 Å². The molecule has 0 aliphatic carbocycles. The van der Waals surface area contributed by atoms with Crippen molar-refractivity contribution in [1.29, 1.82) is 0 Å². The highest BCUT2D eigenvalue weighted by molar-refractivity contribution is 7.09. The molecule has 1 aliphatic heterocycles. The zero-order valence-corrected chi connectivity index (χ0v) is 19.6. The third kappa shape index (κ3) is 4.33. The summed E-state index contributed by atoms with van der Waals surface area (Å²) in [7, 11) is 0. The Morgan fingerprint density at radius 2 is 1.88 bits per heavy atom.